The maximum absolute atomic E-state index is 11.9. The first kappa shape index (κ1) is 15.1. The third-order valence-electron chi connectivity index (χ3n) is 3.22. The monoisotopic (exact) mass is 287 g/mol. The van der Waals surface area contributed by atoms with Crippen LogP contribution in [0.4, 0.5) is 4.79 Å². The molecule has 0 aliphatic carbocycles. The van der Waals surface area contributed by atoms with E-state index in [1.807, 2.05) is 37.3 Å². The summed E-state index contributed by atoms with van der Waals surface area (Å²) < 4.78 is 5.46. The molecule has 2 aromatic heterocycles. The van der Waals surface area contributed by atoms with Crippen molar-refractivity contribution in [3.8, 4) is 0 Å². The van der Waals surface area contributed by atoms with Crippen molar-refractivity contribution in [2.45, 2.75) is 19.8 Å². The van der Waals surface area contributed by atoms with E-state index in [1.165, 1.54) is 0 Å². The van der Waals surface area contributed by atoms with Gasteiger partial charge in [-0.15, -0.1) is 0 Å². The van der Waals surface area contributed by atoms with E-state index in [0.717, 1.165) is 23.6 Å². The zero-order chi connectivity index (χ0) is 15.1. The number of furan rings is 1. The highest BCUT2D eigenvalue weighted by Gasteiger charge is 2.08. The maximum atomic E-state index is 11.9. The number of amides is 2. The fourth-order valence-corrected chi connectivity index (χ4v) is 1.98. The number of rotatable bonds is 6. The van der Waals surface area contributed by atoms with E-state index in [-0.39, 0.29) is 6.03 Å². The Morgan fingerprint density at radius 3 is 2.81 bits per heavy atom. The van der Waals surface area contributed by atoms with Crippen LogP contribution in [-0.2, 0) is 12.8 Å². The number of carbonyl (C=O) groups is 1. The minimum Gasteiger partial charge on any atom is -0.466 e. The number of hydrogen-bond acceptors (Lipinski definition) is 3. The lowest BCUT2D eigenvalue weighted by molar-refractivity contribution is 0.209. The fraction of sp³-hybridized carbons (Fsp3) is 0.375. The molecule has 2 heterocycles. The number of urea groups is 1. The highest BCUT2D eigenvalue weighted by Crippen LogP contribution is 2.06. The van der Waals surface area contributed by atoms with E-state index in [2.05, 4.69) is 10.3 Å². The van der Waals surface area contributed by atoms with Gasteiger partial charge in [-0.2, -0.15) is 0 Å². The van der Waals surface area contributed by atoms with Crippen molar-refractivity contribution in [3.63, 3.8) is 0 Å². The number of aromatic nitrogens is 1. The Morgan fingerprint density at radius 2 is 2.14 bits per heavy atom. The normalized spacial score (nSPS) is 10.4. The summed E-state index contributed by atoms with van der Waals surface area (Å²) in [7, 11) is 1.79. The first-order chi connectivity index (χ1) is 10.1. The summed E-state index contributed by atoms with van der Waals surface area (Å²) in [6.45, 7) is 3.12. The van der Waals surface area contributed by atoms with Crippen LogP contribution in [0.25, 0.3) is 0 Å². The molecular weight excluding hydrogens is 266 g/mol. The number of hydrogen-bond donors (Lipinski definition) is 1. The molecule has 0 spiro atoms. The van der Waals surface area contributed by atoms with Crippen LogP contribution in [0.2, 0.25) is 0 Å². The Balaban J connectivity index is 1.67. The Labute approximate surface area is 125 Å². The van der Waals surface area contributed by atoms with Gasteiger partial charge in [0.15, 0.2) is 0 Å². The van der Waals surface area contributed by atoms with Crippen LogP contribution >= 0.6 is 0 Å². The molecule has 2 amide bonds. The quantitative estimate of drug-likeness (QED) is 0.887. The SMILES string of the molecule is Cc1ccc(CCNC(=O)N(C)CCc2ccccn2)o1. The van der Waals surface area contributed by atoms with E-state index in [4.69, 9.17) is 4.42 Å². The Morgan fingerprint density at radius 1 is 1.29 bits per heavy atom. The molecular formula is C16H21N3O2. The summed E-state index contributed by atoms with van der Waals surface area (Å²) >= 11 is 0. The van der Waals surface area contributed by atoms with Crippen LogP contribution in [0.1, 0.15) is 17.2 Å². The number of pyridine rings is 1. The van der Waals surface area contributed by atoms with Crippen molar-refractivity contribution in [2.75, 3.05) is 20.1 Å². The molecule has 112 valence electrons. The molecule has 0 saturated carbocycles. The van der Waals surface area contributed by atoms with E-state index >= 15 is 0 Å². The third-order valence-corrected chi connectivity index (χ3v) is 3.22. The Kier molecular flexibility index (Phi) is 5.37. The van der Waals surface area contributed by atoms with Crippen molar-refractivity contribution < 1.29 is 9.21 Å². The first-order valence-corrected chi connectivity index (χ1v) is 7.09. The second-order valence-corrected chi connectivity index (χ2v) is 4.99. The Hall–Kier alpha value is -2.30. The number of nitrogens with zero attached hydrogens (tertiary/aromatic N) is 2. The lowest BCUT2D eigenvalue weighted by Gasteiger charge is -2.17. The first-order valence-electron chi connectivity index (χ1n) is 7.09. The molecule has 0 aliphatic rings. The molecule has 0 saturated heterocycles. The standard InChI is InChI=1S/C16H21N3O2/c1-13-6-7-15(21-13)8-11-18-16(20)19(2)12-9-14-5-3-4-10-17-14/h3-7,10H,8-9,11-12H2,1-2H3,(H,18,20). The molecule has 0 aliphatic heterocycles. The highest BCUT2D eigenvalue weighted by molar-refractivity contribution is 5.73. The summed E-state index contributed by atoms with van der Waals surface area (Å²) in [5.41, 5.74) is 0.989. The predicted molar refractivity (Wildman–Crippen MR) is 81.1 cm³/mol. The van der Waals surface area contributed by atoms with Crippen LogP contribution in [0.15, 0.2) is 40.9 Å². The lowest BCUT2D eigenvalue weighted by atomic mass is 10.2. The average Bonchev–Trinajstić information content (AvgIpc) is 2.91. The summed E-state index contributed by atoms with van der Waals surface area (Å²) in [5.74, 6) is 1.78. The van der Waals surface area contributed by atoms with Crippen molar-refractivity contribution >= 4 is 6.03 Å². The summed E-state index contributed by atoms with van der Waals surface area (Å²) in [4.78, 5) is 17.8. The zero-order valence-corrected chi connectivity index (χ0v) is 12.5. The van der Waals surface area contributed by atoms with Gasteiger partial charge < -0.3 is 14.6 Å². The molecule has 2 aromatic rings. The average molecular weight is 287 g/mol. The molecule has 1 N–H and O–H groups in total. The largest absolute Gasteiger partial charge is 0.466 e. The highest BCUT2D eigenvalue weighted by atomic mass is 16.3. The fourth-order valence-electron chi connectivity index (χ4n) is 1.98. The van der Waals surface area contributed by atoms with Gasteiger partial charge in [0, 0.05) is 44.9 Å². The molecule has 5 heteroatoms. The zero-order valence-electron chi connectivity index (χ0n) is 12.5. The minimum atomic E-state index is -0.0748. The predicted octanol–water partition coefficient (Wildman–Crippen LogP) is 2.41. The number of aryl methyl sites for hydroxylation is 1. The van der Waals surface area contributed by atoms with Gasteiger partial charge in [0.2, 0.25) is 0 Å². The molecule has 2 rings (SSSR count). The van der Waals surface area contributed by atoms with Crippen LogP contribution < -0.4 is 5.32 Å². The van der Waals surface area contributed by atoms with Crippen LogP contribution in [0.5, 0.6) is 0 Å². The third kappa shape index (κ3) is 4.95. The van der Waals surface area contributed by atoms with E-state index < -0.39 is 0 Å². The topological polar surface area (TPSA) is 58.4 Å². The molecule has 0 unspecified atom stereocenters. The second-order valence-electron chi connectivity index (χ2n) is 4.99. The van der Waals surface area contributed by atoms with Gasteiger partial charge in [-0.25, -0.2) is 4.79 Å². The molecule has 0 atom stereocenters. The number of carbonyl (C=O) groups excluding carboxylic acids is 1. The molecule has 0 fully saturated rings. The van der Waals surface area contributed by atoms with Gasteiger partial charge in [-0.1, -0.05) is 6.07 Å². The minimum absolute atomic E-state index is 0.0748. The Bertz CT molecular complexity index is 566. The molecule has 0 bridgehead atoms. The molecule has 5 nitrogen and oxygen atoms in total. The second kappa shape index (κ2) is 7.47. The van der Waals surface area contributed by atoms with Crippen LogP contribution in [0, 0.1) is 6.92 Å². The number of nitrogens with one attached hydrogen (secondary N) is 1. The lowest BCUT2D eigenvalue weighted by Crippen LogP contribution is -2.39. The van der Waals surface area contributed by atoms with Crippen molar-refractivity contribution in [3.05, 3.63) is 53.7 Å². The smallest absolute Gasteiger partial charge is 0.317 e. The van der Waals surface area contributed by atoms with Crippen molar-refractivity contribution in [1.82, 2.24) is 15.2 Å². The number of likely N-dealkylation sites (N-methyl/N-ethyl adjacent to an activating group) is 1. The van der Waals surface area contributed by atoms with Crippen LogP contribution in [0.3, 0.4) is 0 Å². The van der Waals surface area contributed by atoms with Gasteiger partial charge in [-0.3, -0.25) is 4.98 Å². The summed E-state index contributed by atoms with van der Waals surface area (Å²) in [6, 6.07) is 9.59. The maximum Gasteiger partial charge on any atom is 0.317 e. The van der Waals surface area contributed by atoms with E-state index in [1.54, 1.807) is 18.1 Å². The van der Waals surface area contributed by atoms with Gasteiger partial charge >= 0.3 is 6.03 Å². The van der Waals surface area contributed by atoms with Gasteiger partial charge in [0.25, 0.3) is 0 Å². The molecule has 0 aromatic carbocycles. The van der Waals surface area contributed by atoms with Gasteiger partial charge in [-0.05, 0) is 31.2 Å². The van der Waals surface area contributed by atoms with Crippen LogP contribution in [-0.4, -0.2) is 36.1 Å². The van der Waals surface area contributed by atoms with Crippen molar-refractivity contribution in [2.24, 2.45) is 0 Å². The van der Waals surface area contributed by atoms with E-state index in [0.29, 0.717) is 19.5 Å². The van der Waals surface area contributed by atoms with Gasteiger partial charge in [0.05, 0.1) is 0 Å². The van der Waals surface area contributed by atoms with Gasteiger partial charge in [0.1, 0.15) is 11.5 Å². The summed E-state index contributed by atoms with van der Waals surface area (Å²) in [5, 5.41) is 2.88. The summed E-state index contributed by atoms with van der Waals surface area (Å²) in [6.07, 6.45) is 3.22. The van der Waals surface area contributed by atoms with E-state index in [9.17, 15) is 4.79 Å². The molecule has 0 radical (unpaired) electrons. The molecule has 21 heavy (non-hydrogen) atoms. The van der Waals surface area contributed by atoms with Crippen molar-refractivity contribution in [1.29, 1.82) is 0 Å².